The Bertz CT molecular complexity index is 404. The van der Waals surface area contributed by atoms with Crippen molar-refractivity contribution in [3.63, 3.8) is 0 Å². The molecule has 0 unspecified atom stereocenters. The van der Waals surface area contributed by atoms with Crippen LogP contribution in [0.15, 0.2) is 16.7 Å². The van der Waals surface area contributed by atoms with Crippen molar-refractivity contribution in [3.05, 3.63) is 23.1 Å². The molecule has 2 aromatic rings. The van der Waals surface area contributed by atoms with Crippen LogP contribution in [0, 0.1) is 6.33 Å². The first-order valence-corrected chi connectivity index (χ1v) is 8.09. The van der Waals surface area contributed by atoms with Crippen molar-refractivity contribution in [2.45, 2.75) is 0 Å². The van der Waals surface area contributed by atoms with Gasteiger partial charge in [0.15, 0.2) is 0 Å². The molecule has 2 aromatic heterocycles. The summed E-state index contributed by atoms with van der Waals surface area (Å²) in [5, 5.41) is 0. The van der Waals surface area contributed by atoms with Crippen LogP contribution in [0.25, 0.3) is 11.2 Å². The van der Waals surface area contributed by atoms with Crippen LogP contribution in [0.1, 0.15) is 0 Å². The molecule has 0 aromatic carbocycles. The van der Waals surface area contributed by atoms with E-state index in [2.05, 4.69) is 32.2 Å². The van der Waals surface area contributed by atoms with Crippen LogP contribution in [0.2, 0.25) is 0 Å². The number of nitrogens with zero attached hydrogens (tertiary/aromatic N) is 3. The second kappa shape index (κ2) is 5.03. The molecule has 2 heterocycles. The molecule has 13 heavy (non-hydrogen) atoms. The zero-order valence-electron chi connectivity index (χ0n) is 6.96. The van der Waals surface area contributed by atoms with E-state index in [0.717, 1.165) is 32.9 Å². The van der Waals surface area contributed by atoms with Crippen molar-refractivity contribution in [1.29, 1.82) is 0 Å². The molecule has 2 rings (SSSR count). The molecule has 3 nitrogen and oxygen atoms in total. The molecular weight excluding hydrogens is 307 g/mol. The molecule has 0 saturated carbocycles. The van der Waals surface area contributed by atoms with Gasteiger partial charge >= 0.3 is 27.0 Å². The monoisotopic (exact) mass is 309 g/mol. The van der Waals surface area contributed by atoms with Gasteiger partial charge in [0.05, 0.1) is 0 Å². The SMILES string of the molecule is Cn1[c-]nc2cc(Br)cnc21.[Cl][Zn+]. The predicted molar refractivity (Wildman–Crippen MR) is 50.9 cm³/mol. The first kappa shape index (κ1) is 11.1. The van der Waals surface area contributed by atoms with Crippen LogP contribution < -0.4 is 0 Å². The number of aromatic nitrogens is 3. The van der Waals surface area contributed by atoms with Crippen molar-refractivity contribution in [1.82, 2.24) is 14.5 Å². The van der Waals surface area contributed by atoms with Crippen LogP contribution in [0.5, 0.6) is 0 Å². The number of imidazole rings is 1. The molecule has 0 aliphatic heterocycles. The van der Waals surface area contributed by atoms with Crippen molar-refractivity contribution in [2.24, 2.45) is 7.05 Å². The van der Waals surface area contributed by atoms with E-state index < -0.39 is 0 Å². The number of halogens is 2. The summed E-state index contributed by atoms with van der Waals surface area (Å²) >= 11 is 4.16. The molecule has 0 aliphatic rings. The van der Waals surface area contributed by atoms with Crippen molar-refractivity contribution in [2.75, 3.05) is 0 Å². The second-order valence-electron chi connectivity index (χ2n) is 2.27. The van der Waals surface area contributed by atoms with Gasteiger partial charge in [0.25, 0.3) is 0 Å². The zero-order chi connectivity index (χ0) is 9.84. The minimum absolute atomic E-state index is 0.847. The third-order valence-electron chi connectivity index (χ3n) is 1.45. The van der Waals surface area contributed by atoms with Gasteiger partial charge in [0, 0.05) is 22.6 Å². The summed E-state index contributed by atoms with van der Waals surface area (Å²) < 4.78 is 2.71. The molecule has 0 aliphatic carbocycles. The fourth-order valence-corrected chi connectivity index (χ4v) is 1.26. The topological polar surface area (TPSA) is 30.7 Å². The van der Waals surface area contributed by atoms with E-state index in [1.54, 1.807) is 10.8 Å². The standard InChI is InChI=1S/C7H5BrN3.ClH.Zn/c1-11-4-10-6-2-5(8)3-9-7(6)11;;/h2-3H,1H3;1H;/q-1;;+2/p-1. The van der Waals surface area contributed by atoms with E-state index in [1.165, 1.54) is 0 Å². The molecule has 64 valence electrons. The Hall–Kier alpha value is 0.0134. The van der Waals surface area contributed by atoms with Gasteiger partial charge in [-0.05, 0) is 12.6 Å². The summed E-state index contributed by atoms with van der Waals surface area (Å²) in [6.07, 6.45) is 4.54. The Morgan fingerprint density at radius 3 is 3.00 bits per heavy atom. The number of aryl methyl sites for hydroxylation is 1. The van der Waals surface area contributed by atoms with Crippen molar-refractivity contribution in [3.8, 4) is 0 Å². The summed E-state index contributed by atoms with van der Waals surface area (Å²) in [6.45, 7) is 0. The van der Waals surface area contributed by atoms with Gasteiger partial charge in [-0.2, -0.15) is 0 Å². The van der Waals surface area contributed by atoms with Crippen LogP contribution in [0.4, 0.5) is 0 Å². The average Bonchev–Trinajstić information content (AvgIpc) is 2.51. The zero-order valence-corrected chi connectivity index (χ0v) is 12.3. The summed E-state index contributed by atoms with van der Waals surface area (Å²) in [6, 6.07) is 1.92. The third kappa shape index (κ3) is 2.49. The molecule has 0 saturated heterocycles. The first-order chi connectivity index (χ1) is 6.27. The van der Waals surface area contributed by atoms with Gasteiger partial charge in [-0.15, -0.1) is 0 Å². The fraction of sp³-hybridized carbons (Fsp3) is 0.143. The van der Waals surface area contributed by atoms with Crippen molar-refractivity contribution >= 4 is 36.8 Å². The Morgan fingerprint density at radius 2 is 2.31 bits per heavy atom. The molecule has 6 heteroatoms. The van der Waals surface area contributed by atoms with Gasteiger partial charge in [-0.3, -0.25) is 0 Å². The second-order valence-corrected chi connectivity index (χ2v) is 3.18. The molecule has 0 radical (unpaired) electrons. The number of fused-ring (bicyclic) bond motifs is 1. The van der Waals surface area contributed by atoms with Crippen LogP contribution in [-0.2, 0) is 24.4 Å². The Kier molecular flexibility index (Phi) is 4.29. The maximum absolute atomic E-state index is 4.76. The molecule has 0 spiro atoms. The Labute approximate surface area is 98.4 Å². The first-order valence-electron chi connectivity index (χ1n) is 3.40. The third-order valence-corrected chi connectivity index (χ3v) is 1.89. The maximum atomic E-state index is 4.76. The molecule has 0 fully saturated rings. The average molecular weight is 312 g/mol. The molecule has 0 atom stereocenters. The summed E-state index contributed by atoms with van der Waals surface area (Å²) in [4.78, 5) is 8.19. The van der Waals surface area contributed by atoms with E-state index in [4.69, 9.17) is 9.69 Å². The number of hydrogen-bond donors (Lipinski definition) is 0. The quantitative estimate of drug-likeness (QED) is 0.552. The summed E-state index contributed by atoms with van der Waals surface area (Å²) in [7, 11) is 6.64. The minimum atomic E-state index is 0.847. The van der Waals surface area contributed by atoms with Gasteiger partial charge in [-0.25, -0.2) is 0 Å². The molecular formula is C7H5BrClN3Zn. The van der Waals surface area contributed by atoms with Gasteiger partial charge < -0.3 is 14.5 Å². The normalized spacial score (nSPS) is 9.62. The van der Waals surface area contributed by atoms with Crippen LogP contribution in [-0.4, -0.2) is 14.5 Å². The van der Waals surface area contributed by atoms with E-state index >= 15 is 0 Å². The summed E-state index contributed by atoms with van der Waals surface area (Å²) in [5.41, 5.74) is 1.72. The summed E-state index contributed by atoms with van der Waals surface area (Å²) in [5.74, 6) is 0. The molecule has 0 bridgehead atoms. The van der Waals surface area contributed by atoms with Crippen LogP contribution in [0.3, 0.4) is 0 Å². The van der Waals surface area contributed by atoms with Crippen LogP contribution >= 0.6 is 25.6 Å². The van der Waals surface area contributed by atoms with Gasteiger partial charge in [-0.1, -0.05) is 22.0 Å². The van der Waals surface area contributed by atoms with E-state index in [-0.39, 0.29) is 0 Å². The van der Waals surface area contributed by atoms with Gasteiger partial charge in [0.1, 0.15) is 0 Å². The number of rotatable bonds is 0. The predicted octanol–water partition coefficient (Wildman–Crippen LogP) is 2.22. The van der Waals surface area contributed by atoms with E-state index in [0.29, 0.717) is 0 Å². The molecule has 0 amide bonds. The number of hydrogen-bond acceptors (Lipinski definition) is 2. The van der Waals surface area contributed by atoms with E-state index in [9.17, 15) is 0 Å². The fourth-order valence-electron chi connectivity index (χ4n) is 0.938. The Morgan fingerprint density at radius 1 is 1.62 bits per heavy atom. The van der Waals surface area contributed by atoms with Crippen molar-refractivity contribution < 1.29 is 17.3 Å². The number of pyridine rings is 1. The molecule has 0 N–H and O–H groups in total. The van der Waals surface area contributed by atoms with E-state index in [1.807, 2.05) is 13.1 Å². The Balaban J connectivity index is 0.000000396. The van der Waals surface area contributed by atoms with Gasteiger partial charge in [0.2, 0.25) is 0 Å².